The van der Waals surface area contributed by atoms with E-state index in [9.17, 15) is 0 Å². The lowest BCUT2D eigenvalue weighted by Gasteiger charge is -2.16. The van der Waals surface area contributed by atoms with Gasteiger partial charge in [0.05, 0.1) is 0 Å². The molecular weight excluding hydrogens is 308 g/mol. The molecule has 3 nitrogen and oxygen atoms in total. The van der Waals surface area contributed by atoms with Crippen LogP contribution in [-0.4, -0.2) is 25.0 Å². The van der Waals surface area contributed by atoms with Crippen LogP contribution in [0.4, 0.5) is 0 Å². The van der Waals surface area contributed by atoms with Crippen molar-refractivity contribution >= 4 is 11.0 Å². The van der Waals surface area contributed by atoms with E-state index in [1.54, 1.807) is 0 Å². The van der Waals surface area contributed by atoms with Crippen LogP contribution in [0.15, 0.2) is 59.0 Å². The highest BCUT2D eigenvalue weighted by molar-refractivity contribution is 5.82. The first-order valence-electron chi connectivity index (χ1n) is 9.20. The molecule has 0 fully saturated rings. The van der Waals surface area contributed by atoms with E-state index >= 15 is 0 Å². The molecule has 1 aromatic heterocycles. The lowest BCUT2D eigenvalue weighted by atomic mass is 10.1. The highest BCUT2D eigenvalue weighted by Crippen LogP contribution is 2.26. The first kappa shape index (κ1) is 17.7. The Morgan fingerprint density at radius 3 is 2.56 bits per heavy atom. The molecule has 3 heteroatoms. The van der Waals surface area contributed by atoms with E-state index < -0.39 is 0 Å². The Morgan fingerprint density at radius 2 is 1.76 bits per heavy atom. The van der Waals surface area contributed by atoms with Crippen molar-refractivity contribution in [2.45, 2.75) is 32.9 Å². The van der Waals surface area contributed by atoms with Crippen molar-refractivity contribution < 1.29 is 4.42 Å². The fourth-order valence-electron chi connectivity index (χ4n) is 3.29. The SMILES string of the molecule is CCc1oc2ccccc2c1CNCCCN(C)Cc1ccccc1. The predicted molar refractivity (Wildman–Crippen MR) is 105 cm³/mol. The molecule has 3 rings (SSSR count). The van der Waals surface area contributed by atoms with E-state index in [-0.39, 0.29) is 0 Å². The minimum Gasteiger partial charge on any atom is -0.461 e. The van der Waals surface area contributed by atoms with Gasteiger partial charge in [-0.3, -0.25) is 0 Å². The molecule has 25 heavy (non-hydrogen) atoms. The lowest BCUT2D eigenvalue weighted by Crippen LogP contribution is -2.23. The van der Waals surface area contributed by atoms with Crippen molar-refractivity contribution in [1.29, 1.82) is 0 Å². The van der Waals surface area contributed by atoms with Crippen molar-refractivity contribution in [3.63, 3.8) is 0 Å². The number of hydrogen-bond acceptors (Lipinski definition) is 3. The van der Waals surface area contributed by atoms with Crippen LogP contribution in [0, 0.1) is 0 Å². The lowest BCUT2D eigenvalue weighted by molar-refractivity contribution is 0.319. The molecule has 0 amide bonds. The molecule has 0 saturated heterocycles. The van der Waals surface area contributed by atoms with Crippen LogP contribution >= 0.6 is 0 Å². The Kier molecular flexibility index (Phi) is 6.26. The monoisotopic (exact) mass is 336 g/mol. The van der Waals surface area contributed by atoms with Crippen molar-refractivity contribution in [2.24, 2.45) is 0 Å². The van der Waals surface area contributed by atoms with Gasteiger partial charge < -0.3 is 14.6 Å². The first-order valence-corrected chi connectivity index (χ1v) is 9.20. The molecule has 0 spiro atoms. The second-order valence-corrected chi connectivity index (χ2v) is 6.61. The van der Waals surface area contributed by atoms with Gasteiger partial charge in [-0.1, -0.05) is 55.5 Å². The normalized spacial score (nSPS) is 11.5. The molecule has 3 aromatic rings. The number of para-hydroxylation sites is 1. The van der Waals surface area contributed by atoms with Crippen LogP contribution < -0.4 is 5.32 Å². The molecule has 0 radical (unpaired) electrons. The average Bonchev–Trinajstić information content (AvgIpc) is 3.00. The van der Waals surface area contributed by atoms with Crippen LogP contribution in [0.25, 0.3) is 11.0 Å². The quantitative estimate of drug-likeness (QED) is 0.579. The topological polar surface area (TPSA) is 28.4 Å². The van der Waals surface area contributed by atoms with Gasteiger partial charge in [0.2, 0.25) is 0 Å². The minimum absolute atomic E-state index is 0.878. The Bertz CT molecular complexity index is 779. The molecule has 132 valence electrons. The second-order valence-electron chi connectivity index (χ2n) is 6.61. The maximum atomic E-state index is 5.96. The van der Waals surface area contributed by atoms with E-state index in [0.717, 1.165) is 50.4 Å². The largest absolute Gasteiger partial charge is 0.461 e. The zero-order chi connectivity index (χ0) is 17.5. The summed E-state index contributed by atoms with van der Waals surface area (Å²) in [6, 6.07) is 19.0. The molecule has 0 aliphatic carbocycles. The van der Waals surface area contributed by atoms with Gasteiger partial charge in [-0.2, -0.15) is 0 Å². The highest BCUT2D eigenvalue weighted by atomic mass is 16.3. The van der Waals surface area contributed by atoms with Crippen LogP contribution in [0.3, 0.4) is 0 Å². The molecule has 2 aromatic carbocycles. The summed E-state index contributed by atoms with van der Waals surface area (Å²) < 4.78 is 5.96. The number of furan rings is 1. The number of benzene rings is 2. The minimum atomic E-state index is 0.878. The fraction of sp³-hybridized carbons (Fsp3) is 0.364. The summed E-state index contributed by atoms with van der Waals surface area (Å²) in [6.45, 7) is 6.14. The van der Waals surface area contributed by atoms with Crippen molar-refractivity contribution in [3.05, 3.63) is 71.5 Å². The smallest absolute Gasteiger partial charge is 0.134 e. The average molecular weight is 336 g/mol. The zero-order valence-corrected chi connectivity index (χ0v) is 15.3. The number of fused-ring (bicyclic) bond motifs is 1. The summed E-state index contributed by atoms with van der Waals surface area (Å²) in [5.74, 6) is 1.11. The molecular formula is C22H28N2O. The van der Waals surface area contributed by atoms with Gasteiger partial charge >= 0.3 is 0 Å². The first-order chi connectivity index (χ1) is 12.3. The Morgan fingerprint density at radius 1 is 1.00 bits per heavy atom. The number of hydrogen-bond donors (Lipinski definition) is 1. The second kappa shape index (κ2) is 8.84. The molecule has 0 unspecified atom stereocenters. The summed E-state index contributed by atoms with van der Waals surface area (Å²) in [4.78, 5) is 2.38. The molecule has 1 N–H and O–H groups in total. The summed E-state index contributed by atoms with van der Waals surface area (Å²) in [7, 11) is 2.19. The Labute approximate surface area is 150 Å². The van der Waals surface area contributed by atoms with Gasteiger partial charge in [-0.05, 0) is 38.2 Å². The molecule has 0 saturated carbocycles. The van der Waals surface area contributed by atoms with Gasteiger partial charge in [0.25, 0.3) is 0 Å². The van der Waals surface area contributed by atoms with Crippen LogP contribution in [-0.2, 0) is 19.5 Å². The van der Waals surface area contributed by atoms with Gasteiger partial charge in [0, 0.05) is 30.5 Å². The van der Waals surface area contributed by atoms with Gasteiger partial charge in [-0.25, -0.2) is 0 Å². The molecule has 0 aliphatic heterocycles. The van der Waals surface area contributed by atoms with Crippen molar-refractivity contribution in [2.75, 3.05) is 20.1 Å². The van der Waals surface area contributed by atoms with Crippen molar-refractivity contribution in [3.8, 4) is 0 Å². The number of nitrogens with zero attached hydrogens (tertiary/aromatic N) is 1. The van der Waals surface area contributed by atoms with E-state index in [4.69, 9.17) is 4.42 Å². The summed E-state index contributed by atoms with van der Waals surface area (Å²) in [5.41, 5.74) is 3.69. The van der Waals surface area contributed by atoms with Gasteiger partial charge in [0.15, 0.2) is 0 Å². The van der Waals surface area contributed by atoms with Crippen LogP contribution in [0.2, 0.25) is 0 Å². The third-order valence-electron chi connectivity index (χ3n) is 4.59. The third-order valence-corrected chi connectivity index (χ3v) is 4.59. The van der Waals surface area contributed by atoms with E-state index in [2.05, 4.69) is 72.7 Å². The van der Waals surface area contributed by atoms with Crippen LogP contribution in [0.5, 0.6) is 0 Å². The van der Waals surface area contributed by atoms with Gasteiger partial charge in [-0.15, -0.1) is 0 Å². The van der Waals surface area contributed by atoms with Crippen molar-refractivity contribution in [1.82, 2.24) is 10.2 Å². The standard InChI is InChI=1S/C22H28N2O/c1-3-21-20(19-12-7-8-13-22(19)25-21)16-23-14-9-15-24(2)17-18-10-5-4-6-11-18/h4-8,10-13,23H,3,9,14-17H2,1-2H3. The Balaban J connectivity index is 1.44. The third kappa shape index (κ3) is 4.71. The maximum absolute atomic E-state index is 5.96. The number of aryl methyl sites for hydroxylation is 1. The number of nitrogens with one attached hydrogen (secondary N) is 1. The van der Waals surface area contributed by atoms with E-state index in [1.807, 2.05) is 6.07 Å². The zero-order valence-electron chi connectivity index (χ0n) is 15.3. The Hall–Kier alpha value is -2.10. The summed E-state index contributed by atoms with van der Waals surface area (Å²) in [6.07, 6.45) is 2.08. The summed E-state index contributed by atoms with van der Waals surface area (Å²) in [5, 5.41) is 4.83. The highest BCUT2D eigenvalue weighted by Gasteiger charge is 2.11. The molecule has 0 atom stereocenters. The molecule has 1 heterocycles. The maximum Gasteiger partial charge on any atom is 0.134 e. The van der Waals surface area contributed by atoms with E-state index in [1.165, 1.54) is 16.5 Å². The number of rotatable bonds is 9. The fourth-order valence-corrected chi connectivity index (χ4v) is 3.29. The van der Waals surface area contributed by atoms with Gasteiger partial charge in [0.1, 0.15) is 11.3 Å². The van der Waals surface area contributed by atoms with E-state index in [0.29, 0.717) is 0 Å². The van der Waals surface area contributed by atoms with Crippen LogP contribution in [0.1, 0.15) is 30.2 Å². The summed E-state index contributed by atoms with van der Waals surface area (Å²) >= 11 is 0. The molecule has 0 aliphatic rings. The predicted octanol–water partition coefficient (Wildman–Crippen LogP) is 4.61. The molecule has 0 bridgehead atoms.